The summed E-state index contributed by atoms with van der Waals surface area (Å²) in [7, 11) is 0. The molecule has 0 radical (unpaired) electrons. The molecule has 3 nitrogen and oxygen atoms in total. The van der Waals surface area contributed by atoms with Crippen LogP contribution in [0.4, 0.5) is 0 Å². The molecule has 0 bridgehead atoms. The molecule has 132 valence electrons. The molecule has 2 aliphatic carbocycles. The Balaban J connectivity index is 1.57. The Morgan fingerprint density at radius 2 is 1.88 bits per heavy atom. The van der Waals surface area contributed by atoms with E-state index in [0.717, 1.165) is 24.5 Å². The third-order valence-corrected chi connectivity index (χ3v) is 7.23. The molecule has 1 aliphatic heterocycles. The van der Waals surface area contributed by atoms with Gasteiger partial charge in [0, 0.05) is 11.5 Å². The van der Waals surface area contributed by atoms with Gasteiger partial charge in [-0.2, -0.15) is 0 Å². The van der Waals surface area contributed by atoms with Crippen LogP contribution < -0.4 is 0 Å². The molecule has 3 heteroatoms. The van der Waals surface area contributed by atoms with Crippen LogP contribution in [0.3, 0.4) is 0 Å². The second kappa shape index (κ2) is 5.74. The van der Waals surface area contributed by atoms with Crippen molar-refractivity contribution in [3.63, 3.8) is 0 Å². The molecule has 1 unspecified atom stereocenters. The van der Waals surface area contributed by atoms with Crippen LogP contribution >= 0.6 is 0 Å². The lowest BCUT2D eigenvalue weighted by Crippen LogP contribution is -2.56. The van der Waals surface area contributed by atoms with Crippen LogP contribution in [0.15, 0.2) is 24.3 Å². The molecule has 3 fully saturated rings. The van der Waals surface area contributed by atoms with Crippen LogP contribution in [0, 0.1) is 22.7 Å². The summed E-state index contributed by atoms with van der Waals surface area (Å²) in [5, 5.41) is 10.1. The predicted octanol–water partition coefficient (Wildman–Crippen LogP) is 5.05. The maximum Gasteiger partial charge on any atom is 0.187 e. The lowest BCUT2D eigenvalue weighted by Gasteiger charge is -2.60. The number of aromatic hydroxyl groups is 1. The minimum absolute atomic E-state index is 0.249. The molecule has 0 amide bonds. The topological polar surface area (TPSA) is 38.7 Å². The van der Waals surface area contributed by atoms with Crippen molar-refractivity contribution in [2.45, 2.75) is 65.3 Å². The van der Waals surface area contributed by atoms with Gasteiger partial charge in [0.05, 0.1) is 12.7 Å². The summed E-state index contributed by atoms with van der Waals surface area (Å²) in [6.07, 6.45) is 6.12. The van der Waals surface area contributed by atoms with Crippen molar-refractivity contribution in [1.82, 2.24) is 0 Å². The van der Waals surface area contributed by atoms with Crippen molar-refractivity contribution in [1.29, 1.82) is 0 Å². The minimum atomic E-state index is -0.427. The lowest BCUT2D eigenvalue weighted by atomic mass is 9.48. The van der Waals surface area contributed by atoms with E-state index in [4.69, 9.17) is 9.47 Å². The van der Waals surface area contributed by atoms with Crippen molar-refractivity contribution >= 4 is 0 Å². The Kier molecular flexibility index (Phi) is 3.92. The number of rotatable bonds is 1. The van der Waals surface area contributed by atoms with Gasteiger partial charge in [-0.15, -0.1) is 0 Å². The molecule has 1 saturated heterocycles. The van der Waals surface area contributed by atoms with Gasteiger partial charge >= 0.3 is 0 Å². The van der Waals surface area contributed by atoms with E-state index < -0.39 is 6.29 Å². The number of phenolic OH excluding ortho intramolecular Hbond substituents is 1. The summed E-state index contributed by atoms with van der Waals surface area (Å²) in [6.45, 7) is 8.12. The largest absolute Gasteiger partial charge is 0.507 e. The number of benzene rings is 1. The van der Waals surface area contributed by atoms with Crippen LogP contribution in [0.1, 0.15) is 64.7 Å². The van der Waals surface area contributed by atoms with Crippen LogP contribution in [-0.2, 0) is 9.47 Å². The molecule has 1 aromatic rings. The highest BCUT2D eigenvalue weighted by Crippen LogP contribution is 2.61. The predicted molar refractivity (Wildman–Crippen MR) is 93.6 cm³/mol. The SMILES string of the molecule is CC1(C)CCC[C@@]2(C)C1CC[C@H]1O[C@@H](c3ccccc3O)OC[C@@H]12. The van der Waals surface area contributed by atoms with Gasteiger partial charge in [0.25, 0.3) is 0 Å². The summed E-state index contributed by atoms with van der Waals surface area (Å²) in [6, 6.07) is 7.37. The van der Waals surface area contributed by atoms with E-state index in [0.29, 0.717) is 16.7 Å². The van der Waals surface area contributed by atoms with Gasteiger partial charge in [-0.1, -0.05) is 45.4 Å². The number of para-hydroxylation sites is 1. The lowest BCUT2D eigenvalue weighted by molar-refractivity contribution is -0.286. The summed E-state index contributed by atoms with van der Waals surface area (Å²) in [5.74, 6) is 1.49. The summed E-state index contributed by atoms with van der Waals surface area (Å²) >= 11 is 0. The molecule has 1 N–H and O–H groups in total. The van der Waals surface area contributed by atoms with E-state index in [1.165, 1.54) is 25.7 Å². The quantitative estimate of drug-likeness (QED) is 0.783. The number of fused-ring (bicyclic) bond motifs is 3. The molecule has 1 aromatic carbocycles. The van der Waals surface area contributed by atoms with E-state index in [2.05, 4.69) is 20.8 Å². The van der Waals surface area contributed by atoms with Gasteiger partial charge < -0.3 is 14.6 Å². The first-order valence-electron chi connectivity index (χ1n) is 9.47. The number of phenols is 1. The van der Waals surface area contributed by atoms with Gasteiger partial charge in [0.2, 0.25) is 0 Å². The first-order chi connectivity index (χ1) is 11.4. The zero-order valence-electron chi connectivity index (χ0n) is 15.1. The highest BCUT2D eigenvalue weighted by atomic mass is 16.7. The summed E-state index contributed by atoms with van der Waals surface area (Å²) in [5.41, 5.74) is 1.49. The molecule has 24 heavy (non-hydrogen) atoms. The van der Waals surface area contributed by atoms with Crippen LogP contribution in [0.2, 0.25) is 0 Å². The second-order valence-electron chi connectivity index (χ2n) is 8.98. The van der Waals surface area contributed by atoms with E-state index >= 15 is 0 Å². The standard InChI is InChI=1S/C21H30O3/c1-20(2)11-6-12-21(3)15-13-23-19(14-7-4-5-8-16(14)22)24-17(15)9-10-18(20)21/h4-5,7-8,15,17-19,22H,6,9-13H2,1-3H3/t15-,17+,18?,19-,21+/m0/s1. The molecule has 0 aromatic heterocycles. The molecule has 0 spiro atoms. The Labute approximate surface area is 145 Å². The van der Waals surface area contributed by atoms with Gasteiger partial charge in [-0.05, 0) is 48.5 Å². The Morgan fingerprint density at radius 1 is 1.08 bits per heavy atom. The maximum atomic E-state index is 10.1. The van der Waals surface area contributed by atoms with Crippen molar-refractivity contribution in [3.05, 3.63) is 29.8 Å². The van der Waals surface area contributed by atoms with E-state index in [1.54, 1.807) is 6.07 Å². The van der Waals surface area contributed by atoms with Crippen molar-refractivity contribution in [3.8, 4) is 5.75 Å². The van der Waals surface area contributed by atoms with Crippen molar-refractivity contribution in [2.75, 3.05) is 6.61 Å². The smallest absolute Gasteiger partial charge is 0.187 e. The Morgan fingerprint density at radius 3 is 2.67 bits per heavy atom. The van der Waals surface area contributed by atoms with Gasteiger partial charge in [0.1, 0.15) is 5.75 Å². The fraction of sp³-hybridized carbons (Fsp3) is 0.714. The molecule has 2 saturated carbocycles. The molecular formula is C21H30O3. The molecule has 5 atom stereocenters. The van der Waals surface area contributed by atoms with Crippen LogP contribution in [0.25, 0.3) is 0 Å². The average molecular weight is 330 g/mol. The van der Waals surface area contributed by atoms with Gasteiger partial charge in [-0.25, -0.2) is 0 Å². The van der Waals surface area contributed by atoms with E-state index in [-0.39, 0.29) is 11.9 Å². The third-order valence-electron chi connectivity index (χ3n) is 7.23. The summed E-state index contributed by atoms with van der Waals surface area (Å²) in [4.78, 5) is 0. The monoisotopic (exact) mass is 330 g/mol. The first kappa shape index (κ1) is 16.4. The molecule has 1 heterocycles. The highest BCUT2D eigenvalue weighted by Gasteiger charge is 2.56. The average Bonchev–Trinajstić information content (AvgIpc) is 2.54. The van der Waals surface area contributed by atoms with Gasteiger partial charge in [-0.3, -0.25) is 0 Å². The maximum absolute atomic E-state index is 10.1. The summed E-state index contributed by atoms with van der Waals surface area (Å²) < 4.78 is 12.5. The third kappa shape index (κ3) is 2.48. The number of hydrogen-bond acceptors (Lipinski definition) is 3. The molecule has 3 aliphatic rings. The normalized spacial score (nSPS) is 41.3. The zero-order valence-corrected chi connectivity index (χ0v) is 15.1. The Hall–Kier alpha value is -1.06. The van der Waals surface area contributed by atoms with Crippen molar-refractivity contribution < 1.29 is 14.6 Å². The first-order valence-corrected chi connectivity index (χ1v) is 9.47. The molecule has 4 rings (SSSR count). The zero-order chi connectivity index (χ0) is 16.9. The minimum Gasteiger partial charge on any atom is -0.507 e. The van der Waals surface area contributed by atoms with Crippen LogP contribution in [0.5, 0.6) is 5.75 Å². The van der Waals surface area contributed by atoms with Crippen LogP contribution in [-0.4, -0.2) is 17.8 Å². The van der Waals surface area contributed by atoms with E-state index in [9.17, 15) is 5.11 Å². The Bertz CT molecular complexity index is 611. The second-order valence-corrected chi connectivity index (χ2v) is 8.98. The highest BCUT2D eigenvalue weighted by molar-refractivity contribution is 5.33. The number of hydrogen-bond donors (Lipinski definition) is 1. The van der Waals surface area contributed by atoms with Crippen molar-refractivity contribution in [2.24, 2.45) is 22.7 Å². The molecular weight excluding hydrogens is 300 g/mol. The fourth-order valence-corrected chi connectivity index (χ4v) is 5.99. The fourth-order valence-electron chi connectivity index (χ4n) is 5.99. The van der Waals surface area contributed by atoms with E-state index in [1.807, 2.05) is 18.2 Å². The van der Waals surface area contributed by atoms with Gasteiger partial charge in [0.15, 0.2) is 6.29 Å². The number of ether oxygens (including phenoxy) is 2.